The summed E-state index contributed by atoms with van der Waals surface area (Å²) < 4.78 is 63.3. The number of benzene rings is 2. The summed E-state index contributed by atoms with van der Waals surface area (Å²) in [5.41, 5.74) is 1.20. The van der Waals surface area contributed by atoms with E-state index < -0.39 is 20.5 Å². The minimum atomic E-state index is -5.12. The molecule has 0 radical (unpaired) electrons. The van der Waals surface area contributed by atoms with E-state index in [-0.39, 0.29) is 16.3 Å². The molecule has 2 aromatic carbocycles. The summed E-state index contributed by atoms with van der Waals surface area (Å²) in [6, 6.07) is 11.3. The van der Waals surface area contributed by atoms with Gasteiger partial charge in [-0.15, -0.1) is 0 Å². The van der Waals surface area contributed by atoms with Crippen LogP contribution in [0.25, 0.3) is 0 Å². The van der Waals surface area contributed by atoms with Crippen LogP contribution in [0.5, 0.6) is 5.75 Å². The van der Waals surface area contributed by atoms with Gasteiger partial charge >= 0.3 is 10.5 Å². The molecule has 0 amide bonds. The third kappa shape index (κ3) is 4.20. The van der Waals surface area contributed by atoms with Gasteiger partial charge < -0.3 is 4.18 Å². The van der Waals surface area contributed by atoms with Gasteiger partial charge in [-0.3, -0.25) is 4.31 Å². The summed E-state index contributed by atoms with van der Waals surface area (Å²) in [6.45, 7) is 1.85. The number of rotatable bonds is 5. The lowest BCUT2D eigenvalue weighted by Gasteiger charge is -2.19. The smallest absolute Gasteiger partial charge is 0.358 e. The Bertz CT molecular complexity index is 891. The maximum Gasteiger partial charge on any atom is 0.488 e. The van der Waals surface area contributed by atoms with Crippen LogP contribution in [0.3, 0.4) is 0 Å². The first-order valence-electron chi connectivity index (χ1n) is 6.39. The Kier molecular flexibility index (Phi) is 4.62. The molecular weight excluding hydrogens is 345 g/mol. The first-order chi connectivity index (χ1) is 10.6. The largest absolute Gasteiger partial charge is 0.488 e. The zero-order valence-corrected chi connectivity index (χ0v) is 13.9. The molecule has 124 valence electrons. The summed E-state index contributed by atoms with van der Waals surface area (Å²) in [6.07, 6.45) is 0. The highest BCUT2D eigenvalue weighted by Crippen LogP contribution is 2.25. The molecule has 23 heavy (non-hydrogen) atoms. The predicted octanol–water partition coefficient (Wildman–Crippen LogP) is 2.41. The topological polar surface area (TPSA) is 80.8 Å². The van der Waals surface area contributed by atoms with Crippen molar-refractivity contribution in [1.82, 2.24) is 0 Å². The Labute approximate surface area is 134 Å². The molecule has 0 bridgehead atoms. The SMILES string of the molecule is Cc1ccc(S(=O)(=O)N(C)c2ccc(OS(=O)(=O)F)cc2)cc1. The summed E-state index contributed by atoms with van der Waals surface area (Å²) in [7, 11) is -7.52. The van der Waals surface area contributed by atoms with Gasteiger partial charge in [-0.1, -0.05) is 21.6 Å². The molecule has 0 heterocycles. The van der Waals surface area contributed by atoms with E-state index in [0.29, 0.717) is 0 Å². The Balaban J connectivity index is 2.29. The minimum absolute atomic E-state index is 0.122. The highest BCUT2D eigenvalue weighted by atomic mass is 32.3. The van der Waals surface area contributed by atoms with Crippen molar-refractivity contribution in [2.75, 3.05) is 11.4 Å². The Morgan fingerprint density at radius 2 is 1.43 bits per heavy atom. The molecule has 2 aromatic rings. The van der Waals surface area contributed by atoms with E-state index >= 15 is 0 Å². The zero-order chi connectivity index (χ0) is 17.3. The number of halogens is 1. The molecular formula is C14H14FNO5S2. The van der Waals surface area contributed by atoms with Crippen LogP contribution < -0.4 is 8.49 Å². The van der Waals surface area contributed by atoms with Gasteiger partial charge in [0.25, 0.3) is 10.0 Å². The molecule has 0 atom stereocenters. The van der Waals surface area contributed by atoms with Crippen molar-refractivity contribution in [3.05, 3.63) is 54.1 Å². The summed E-state index contributed by atoms with van der Waals surface area (Å²) in [5.74, 6) is -0.252. The number of aryl methyl sites for hydroxylation is 1. The molecule has 0 aromatic heterocycles. The Morgan fingerprint density at radius 3 is 1.91 bits per heavy atom. The molecule has 0 saturated heterocycles. The lowest BCUT2D eigenvalue weighted by molar-refractivity contribution is 0.440. The maximum atomic E-state index is 12.5. The van der Waals surface area contributed by atoms with E-state index in [4.69, 9.17) is 0 Å². The predicted molar refractivity (Wildman–Crippen MR) is 83.9 cm³/mol. The molecule has 0 spiro atoms. The van der Waals surface area contributed by atoms with Gasteiger partial charge in [-0.2, -0.15) is 8.42 Å². The molecule has 2 rings (SSSR count). The normalized spacial score (nSPS) is 12.0. The summed E-state index contributed by atoms with van der Waals surface area (Å²) in [5, 5.41) is 0. The number of nitrogens with zero attached hydrogens (tertiary/aromatic N) is 1. The van der Waals surface area contributed by atoms with Crippen LogP contribution in [0.15, 0.2) is 53.4 Å². The molecule has 0 fully saturated rings. The van der Waals surface area contributed by atoms with E-state index in [2.05, 4.69) is 4.18 Å². The van der Waals surface area contributed by atoms with Gasteiger partial charge in [0.15, 0.2) is 0 Å². The van der Waals surface area contributed by atoms with Crippen LogP contribution in [0.2, 0.25) is 0 Å². The number of sulfonamides is 1. The second-order valence-electron chi connectivity index (χ2n) is 4.76. The van der Waals surface area contributed by atoms with Gasteiger partial charge in [-0.05, 0) is 43.3 Å². The zero-order valence-electron chi connectivity index (χ0n) is 12.3. The van der Waals surface area contributed by atoms with E-state index in [1.165, 1.54) is 31.3 Å². The van der Waals surface area contributed by atoms with E-state index in [1.54, 1.807) is 12.1 Å². The highest BCUT2D eigenvalue weighted by Gasteiger charge is 2.21. The standard InChI is InChI=1S/C14H14FNO5S2/c1-11-3-9-14(10-4-11)22(17,18)16(2)12-5-7-13(8-6-12)21-23(15,19)20/h3-10H,1-2H3. The quantitative estimate of drug-likeness (QED) is 0.766. The van der Waals surface area contributed by atoms with Crippen LogP contribution in [0.1, 0.15) is 5.56 Å². The maximum absolute atomic E-state index is 12.5. The Morgan fingerprint density at radius 1 is 0.913 bits per heavy atom. The summed E-state index contributed by atoms with van der Waals surface area (Å²) in [4.78, 5) is 0.122. The molecule has 0 unspecified atom stereocenters. The van der Waals surface area contributed by atoms with Crippen LogP contribution in [0, 0.1) is 6.92 Å². The van der Waals surface area contributed by atoms with Gasteiger partial charge in [0.1, 0.15) is 5.75 Å². The van der Waals surface area contributed by atoms with E-state index in [0.717, 1.165) is 22.0 Å². The van der Waals surface area contributed by atoms with Gasteiger partial charge in [0.2, 0.25) is 0 Å². The number of hydrogen-bond acceptors (Lipinski definition) is 5. The average molecular weight is 359 g/mol. The van der Waals surface area contributed by atoms with Crippen molar-refractivity contribution in [3.8, 4) is 5.75 Å². The van der Waals surface area contributed by atoms with Crippen molar-refractivity contribution < 1.29 is 24.9 Å². The minimum Gasteiger partial charge on any atom is -0.358 e. The van der Waals surface area contributed by atoms with Crippen molar-refractivity contribution in [3.63, 3.8) is 0 Å². The number of hydrogen-bond donors (Lipinski definition) is 0. The van der Waals surface area contributed by atoms with E-state index in [1.807, 2.05) is 6.92 Å². The van der Waals surface area contributed by atoms with Crippen LogP contribution in [0.4, 0.5) is 9.57 Å². The molecule has 0 N–H and O–H groups in total. The first-order valence-corrected chi connectivity index (χ1v) is 9.14. The van der Waals surface area contributed by atoms with Gasteiger partial charge in [0.05, 0.1) is 10.6 Å². The third-order valence-electron chi connectivity index (χ3n) is 3.08. The highest BCUT2D eigenvalue weighted by molar-refractivity contribution is 7.92. The fourth-order valence-corrected chi connectivity index (χ4v) is 3.37. The second kappa shape index (κ2) is 6.17. The van der Waals surface area contributed by atoms with Crippen molar-refractivity contribution in [2.45, 2.75) is 11.8 Å². The van der Waals surface area contributed by atoms with Crippen molar-refractivity contribution >= 4 is 26.2 Å². The van der Waals surface area contributed by atoms with Gasteiger partial charge in [0, 0.05) is 7.05 Å². The van der Waals surface area contributed by atoms with Crippen LogP contribution in [-0.4, -0.2) is 23.9 Å². The van der Waals surface area contributed by atoms with Crippen molar-refractivity contribution in [2.24, 2.45) is 0 Å². The summed E-state index contributed by atoms with van der Waals surface area (Å²) >= 11 is 0. The van der Waals surface area contributed by atoms with Crippen LogP contribution >= 0.6 is 0 Å². The van der Waals surface area contributed by atoms with Gasteiger partial charge in [-0.25, -0.2) is 8.42 Å². The molecule has 6 nitrogen and oxygen atoms in total. The fraction of sp³-hybridized carbons (Fsp3) is 0.143. The number of anilines is 1. The average Bonchev–Trinajstić information content (AvgIpc) is 2.46. The molecule has 0 aliphatic carbocycles. The van der Waals surface area contributed by atoms with Crippen LogP contribution in [-0.2, 0) is 20.5 Å². The third-order valence-corrected chi connectivity index (χ3v) is 5.27. The molecule has 0 aliphatic heterocycles. The molecule has 0 aliphatic rings. The fourth-order valence-electron chi connectivity index (χ4n) is 1.83. The lowest BCUT2D eigenvalue weighted by Crippen LogP contribution is -2.26. The first kappa shape index (κ1) is 17.2. The lowest BCUT2D eigenvalue weighted by atomic mass is 10.2. The second-order valence-corrected chi connectivity index (χ2v) is 7.68. The van der Waals surface area contributed by atoms with E-state index in [9.17, 15) is 20.7 Å². The molecule has 9 heteroatoms. The molecule has 0 saturated carbocycles. The monoisotopic (exact) mass is 359 g/mol. The van der Waals surface area contributed by atoms with Crippen molar-refractivity contribution in [1.29, 1.82) is 0 Å². The Hall–Kier alpha value is -2.13.